The van der Waals surface area contributed by atoms with E-state index in [-0.39, 0.29) is 5.54 Å². The van der Waals surface area contributed by atoms with Gasteiger partial charge in [0.2, 0.25) is 0 Å². The highest BCUT2D eigenvalue weighted by Gasteiger charge is 2.32. The average molecular weight is 240 g/mol. The number of rotatable bonds is 5. The van der Waals surface area contributed by atoms with Gasteiger partial charge in [0.05, 0.1) is 6.61 Å². The lowest BCUT2D eigenvalue weighted by atomic mass is 9.79. The Balaban J connectivity index is 1.75. The van der Waals surface area contributed by atoms with Crippen molar-refractivity contribution in [2.24, 2.45) is 0 Å². The smallest absolute Gasteiger partial charge is 0.0646 e. The zero-order valence-corrected chi connectivity index (χ0v) is 11.5. The zero-order valence-electron chi connectivity index (χ0n) is 11.5. The third-order valence-electron chi connectivity index (χ3n) is 4.72. The van der Waals surface area contributed by atoms with Gasteiger partial charge in [0.15, 0.2) is 0 Å². The molecule has 1 unspecified atom stereocenters. The lowest BCUT2D eigenvalue weighted by Gasteiger charge is -2.38. The van der Waals surface area contributed by atoms with E-state index in [1.165, 1.54) is 38.5 Å². The van der Waals surface area contributed by atoms with Gasteiger partial charge in [0.1, 0.15) is 0 Å². The second-order valence-corrected chi connectivity index (χ2v) is 6.13. The molecule has 0 amide bonds. The Morgan fingerprint density at radius 1 is 1.12 bits per heavy atom. The standard InChI is InChI=1S/C14H28N2O/c1-13(9-11-17-12-13)16-10-8-14(15-2)6-4-3-5-7-14/h15-16H,3-12H2,1-2H3. The molecule has 100 valence electrons. The molecule has 0 radical (unpaired) electrons. The SMILES string of the molecule is CNC1(CCNC2(C)CCOC2)CCCCC1. The molecule has 17 heavy (non-hydrogen) atoms. The van der Waals surface area contributed by atoms with Crippen LogP contribution in [0.25, 0.3) is 0 Å². The van der Waals surface area contributed by atoms with Crippen molar-refractivity contribution in [3.8, 4) is 0 Å². The van der Waals surface area contributed by atoms with Crippen molar-refractivity contribution in [2.75, 3.05) is 26.8 Å². The molecule has 3 heteroatoms. The minimum absolute atomic E-state index is 0.226. The molecule has 1 heterocycles. The van der Waals surface area contributed by atoms with Crippen molar-refractivity contribution in [1.29, 1.82) is 0 Å². The quantitative estimate of drug-likeness (QED) is 0.772. The summed E-state index contributed by atoms with van der Waals surface area (Å²) in [4.78, 5) is 0. The molecular weight excluding hydrogens is 212 g/mol. The molecule has 2 rings (SSSR count). The largest absolute Gasteiger partial charge is 0.379 e. The van der Waals surface area contributed by atoms with E-state index in [1.807, 2.05) is 0 Å². The molecule has 0 aromatic carbocycles. The summed E-state index contributed by atoms with van der Waals surface area (Å²) in [5, 5.41) is 7.28. The average Bonchev–Trinajstić information content (AvgIpc) is 2.77. The highest BCUT2D eigenvalue weighted by Crippen LogP contribution is 2.30. The molecule has 1 atom stereocenters. The van der Waals surface area contributed by atoms with Crippen LogP contribution in [0.1, 0.15) is 51.9 Å². The Kier molecular flexibility index (Phi) is 4.45. The molecule has 1 aliphatic carbocycles. The van der Waals surface area contributed by atoms with E-state index in [9.17, 15) is 0 Å². The van der Waals surface area contributed by atoms with Gasteiger partial charge in [0.25, 0.3) is 0 Å². The van der Waals surface area contributed by atoms with Crippen LogP contribution in [0.2, 0.25) is 0 Å². The van der Waals surface area contributed by atoms with Crippen molar-refractivity contribution in [1.82, 2.24) is 10.6 Å². The molecule has 0 spiro atoms. The first-order valence-electron chi connectivity index (χ1n) is 7.20. The molecule has 3 nitrogen and oxygen atoms in total. The number of ether oxygens (including phenoxy) is 1. The first kappa shape index (κ1) is 13.3. The van der Waals surface area contributed by atoms with Crippen molar-refractivity contribution in [3.63, 3.8) is 0 Å². The van der Waals surface area contributed by atoms with Gasteiger partial charge in [-0.15, -0.1) is 0 Å². The van der Waals surface area contributed by atoms with Crippen LogP contribution in [0.5, 0.6) is 0 Å². The van der Waals surface area contributed by atoms with Gasteiger partial charge in [-0.3, -0.25) is 0 Å². The maximum atomic E-state index is 5.48. The van der Waals surface area contributed by atoms with E-state index in [4.69, 9.17) is 4.74 Å². The molecular formula is C14H28N2O. The van der Waals surface area contributed by atoms with E-state index >= 15 is 0 Å². The fraction of sp³-hybridized carbons (Fsp3) is 1.00. The second-order valence-electron chi connectivity index (χ2n) is 6.13. The molecule has 2 aliphatic rings. The molecule has 1 aliphatic heterocycles. The zero-order chi connectivity index (χ0) is 12.2. The number of hydrogen-bond donors (Lipinski definition) is 2. The summed E-state index contributed by atoms with van der Waals surface area (Å²) in [6.07, 6.45) is 9.29. The Hall–Kier alpha value is -0.120. The predicted molar refractivity (Wildman–Crippen MR) is 71.3 cm³/mol. The summed E-state index contributed by atoms with van der Waals surface area (Å²) in [6.45, 7) is 5.19. The van der Waals surface area contributed by atoms with Crippen molar-refractivity contribution in [3.05, 3.63) is 0 Å². The van der Waals surface area contributed by atoms with Crippen LogP contribution in [0.15, 0.2) is 0 Å². The highest BCUT2D eigenvalue weighted by atomic mass is 16.5. The van der Waals surface area contributed by atoms with Crippen LogP contribution < -0.4 is 10.6 Å². The summed E-state index contributed by atoms with van der Waals surface area (Å²) >= 11 is 0. The second kappa shape index (κ2) is 5.68. The van der Waals surface area contributed by atoms with Gasteiger partial charge >= 0.3 is 0 Å². The van der Waals surface area contributed by atoms with E-state index in [0.29, 0.717) is 5.54 Å². The number of hydrogen-bond acceptors (Lipinski definition) is 3. The normalized spacial score (nSPS) is 32.8. The van der Waals surface area contributed by atoms with Gasteiger partial charge in [-0.25, -0.2) is 0 Å². The Bertz CT molecular complexity index is 230. The number of nitrogens with one attached hydrogen (secondary N) is 2. The fourth-order valence-electron chi connectivity index (χ4n) is 3.26. The Morgan fingerprint density at radius 2 is 1.88 bits per heavy atom. The van der Waals surface area contributed by atoms with E-state index < -0.39 is 0 Å². The molecule has 2 fully saturated rings. The van der Waals surface area contributed by atoms with Crippen LogP contribution in [0.4, 0.5) is 0 Å². The van der Waals surface area contributed by atoms with Gasteiger partial charge in [-0.05, 0) is 46.2 Å². The minimum atomic E-state index is 0.226. The first-order valence-corrected chi connectivity index (χ1v) is 7.20. The van der Waals surface area contributed by atoms with Crippen LogP contribution in [-0.2, 0) is 4.74 Å². The summed E-state index contributed by atoms with van der Waals surface area (Å²) < 4.78 is 5.48. The summed E-state index contributed by atoms with van der Waals surface area (Å²) in [5.41, 5.74) is 0.630. The maximum Gasteiger partial charge on any atom is 0.0646 e. The van der Waals surface area contributed by atoms with E-state index in [0.717, 1.165) is 26.2 Å². The lowest BCUT2D eigenvalue weighted by molar-refractivity contribution is 0.167. The van der Waals surface area contributed by atoms with Crippen LogP contribution in [0, 0.1) is 0 Å². The van der Waals surface area contributed by atoms with Crippen molar-refractivity contribution in [2.45, 2.75) is 62.9 Å². The summed E-state index contributed by atoms with van der Waals surface area (Å²) in [5.74, 6) is 0. The van der Waals surface area contributed by atoms with Crippen LogP contribution >= 0.6 is 0 Å². The third kappa shape index (κ3) is 3.43. The van der Waals surface area contributed by atoms with Crippen molar-refractivity contribution >= 4 is 0 Å². The Morgan fingerprint density at radius 3 is 2.47 bits per heavy atom. The molecule has 0 aromatic heterocycles. The molecule has 0 bridgehead atoms. The fourth-order valence-corrected chi connectivity index (χ4v) is 3.26. The lowest BCUT2D eigenvalue weighted by Crippen LogP contribution is -2.50. The van der Waals surface area contributed by atoms with Crippen LogP contribution in [-0.4, -0.2) is 37.9 Å². The summed E-state index contributed by atoms with van der Waals surface area (Å²) in [6, 6.07) is 0. The topological polar surface area (TPSA) is 33.3 Å². The van der Waals surface area contributed by atoms with Gasteiger partial charge in [-0.2, -0.15) is 0 Å². The van der Waals surface area contributed by atoms with Gasteiger partial charge in [-0.1, -0.05) is 19.3 Å². The van der Waals surface area contributed by atoms with Gasteiger partial charge < -0.3 is 15.4 Å². The highest BCUT2D eigenvalue weighted by molar-refractivity contribution is 4.92. The first-order chi connectivity index (χ1) is 8.18. The minimum Gasteiger partial charge on any atom is -0.379 e. The van der Waals surface area contributed by atoms with E-state index in [2.05, 4.69) is 24.6 Å². The van der Waals surface area contributed by atoms with Crippen molar-refractivity contribution < 1.29 is 4.74 Å². The van der Waals surface area contributed by atoms with Crippen LogP contribution in [0.3, 0.4) is 0 Å². The van der Waals surface area contributed by atoms with E-state index in [1.54, 1.807) is 0 Å². The predicted octanol–water partition coefficient (Wildman–Crippen LogP) is 2.07. The molecule has 0 aromatic rings. The monoisotopic (exact) mass is 240 g/mol. The third-order valence-corrected chi connectivity index (χ3v) is 4.72. The molecule has 2 N–H and O–H groups in total. The maximum absolute atomic E-state index is 5.48. The summed E-state index contributed by atoms with van der Waals surface area (Å²) in [7, 11) is 2.13. The van der Waals surface area contributed by atoms with Gasteiger partial charge in [0, 0.05) is 17.7 Å². The molecule has 1 saturated carbocycles. The Labute approximate surface area is 106 Å². The molecule has 1 saturated heterocycles.